The molecule has 0 saturated heterocycles. The van der Waals surface area contributed by atoms with Crippen molar-refractivity contribution in [2.24, 2.45) is 0 Å². The van der Waals surface area contributed by atoms with Crippen LogP contribution in [-0.2, 0) is 21.2 Å². The fourth-order valence-corrected chi connectivity index (χ4v) is 3.39. The van der Waals surface area contributed by atoms with Gasteiger partial charge in [-0.2, -0.15) is 0 Å². The Hall–Kier alpha value is -1.11. The van der Waals surface area contributed by atoms with E-state index in [1.807, 2.05) is 13.0 Å². The van der Waals surface area contributed by atoms with Crippen molar-refractivity contribution in [3.05, 3.63) is 23.8 Å². The van der Waals surface area contributed by atoms with Crippen LogP contribution in [0.1, 0.15) is 19.4 Å². The number of hydrogen-bond donors (Lipinski definition) is 2. The van der Waals surface area contributed by atoms with E-state index in [9.17, 15) is 8.42 Å². The monoisotopic (exact) mass is 284 g/mol. The third kappa shape index (κ3) is 3.46. The number of rotatable bonds is 6. The van der Waals surface area contributed by atoms with Crippen LogP contribution in [0.15, 0.2) is 23.1 Å². The summed E-state index contributed by atoms with van der Waals surface area (Å²) in [7, 11) is -3.47. The van der Waals surface area contributed by atoms with Crippen molar-refractivity contribution in [2.75, 3.05) is 25.1 Å². The topological polar surface area (TPSA) is 67.4 Å². The maximum atomic E-state index is 12.2. The van der Waals surface area contributed by atoms with Gasteiger partial charge in [0.2, 0.25) is 10.0 Å². The second-order valence-electron chi connectivity index (χ2n) is 4.68. The van der Waals surface area contributed by atoms with Gasteiger partial charge in [-0.1, -0.05) is 0 Å². The fraction of sp³-hybridized carbons (Fsp3) is 0.538. The number of benzene rings is 1. The molecule has 0 radical (unpaired) electrons. The first kappa shape index (κ1) is 14.3. The number of fused-ring (bicyclic) bond motifs is 1. The van der Waals surface area contributed by atoms with E-state index >= 15 is 0 Å². The van der Waals surface area contributed by atoms with Crippen molar-refractivity contribution in [3.63, 3.8) is 0 Å². The Bertz CT molecular complexity index is 543. The molecule has 0 spiro atoms. The number of ether oxygens (including phenoxy) is 1. The Kier molecular flexibility index (Phi) is 4.44. The molecule has 1 unspecified atom stereocenters. The Balaban J connectivity index is 2.11. The lowest BCUT2D eigenvalue weighted by Crippen LogP contribution is -2.35. The van der Waals surface area contributed by atoms with Gasteiger partial charge < -0.3 is 10.1 Å². The second kappa shape index (κ2) is 5.90. The van der Waals surface area contributed by atoms with Crippen LogP contribution in [0.5, 0.6) is 0 Å². The maximum absolute atomic E-state index is 12.2. The minimum absolute atomic E-state index is 0.240. The second-order valence-corrected chi connectivity index (χ2v) is 6.39. The van der Waals surface area contributed by atoms with Crippen molar-refractivity contribution in [2.45, 2.75) is 31.2 Å². The maximum Gasteiger partial charge on any atom is 0.240 e. The lowest BCUT2D eigenvalue weighted by molar-refractivity contribution is 0.133. The van der Waals surface area contributed by atoms with E-state index in [-0.39, 0.29) is 6.04 Å². The summed E-state index contributed by atoms with van der Waals surface area (Å²) in [5.41, 5.74) is 2.08. The molecule has 19 heavy (non-hydrogen) atoms. The first-order chi connectivity index (χ1) is 9.03. The molecule has 2 N–H and O–H groups in total. The zero-order valence-electron chi connectivity index (χ0n) is 11.3. The molecule has 1 aliphatic rings. The van der Waals surface area contributed by atoms with E-state index in [4.69, 9.17) is 4.74 Å². The van der Waals surface area contributed by atoms with Crippen molar-refractivity contribution in [1.82, 2.24) is 4.72 Å². The molecule has 0 aliphatic carbocycles. The highest BCUT2D eigenvalue weighted by Gasteiger charge is 2.20. The molecule has 1 aromatic rings. The molecule has 1 heterocycles. The quantitative estimate of drug-likeness (QED) is 0.827. The Morgan fingerprint density at radius 2 is 2.26 bits per heavy atom. The van der Waals surface area contributed by atoms with E-state index < -0.39 is 10.0 Å². The van der Waals surface area contributed by atoms with E-state index in [2.05, 4.69) is 10.0 Å². The van der Waals surface area contributed by atoms with Crippen molar-refractivity contribution >= 4 is 15.7 Å². The number of hydrogen-bond acceptors (Lipinski definition) is 4. The summed E-state index contributed by atoms with van der Waals surface area (Å²) in [6.45, 7) is 5.50. The molecule has 0 amide bonds. The molecule has 5 nitrogen and oxygen atoms in total. The van der Waals surface area contributed by atoms with Crippen molar-refractivity contribution < 1.29 is 13.2 Å². The van der Waals surface area contributed by atoms with Crippen LogP contribution in [0.25, 0.3) is 0 Å². The summed E-state index contributed by atoms with van der Waals surface area (Å²) >= 11 is 0. The van der Waals surface area contributed by atoms with Gasteiger partial charge in [0, 0.05) is 24.9 Å². The molecule has 1 aliphatic heterocycles. The zero-order chi connectivity index (χ0) is 13.9. The largest absolute Gasteiger partial charge is 0.384 e. The van der Waals surface area contributed by atoms with Crippen LogP contribution in [0.2, 0.25) is 0 Å². The average Bonchev–Trinajstić information content (AvgIpc) is 2.82. The Morgan fingerprint density at radius 3 is 3.00 bits per heavy atom. The van der Waals surface area contributed by atoms with Crippen molar-refractivity contribution in [1.29, 1.82) is 0 Å². The number of sulfonamides is 1. The van der Waals surface area contributed by atoms with Gasteiger partial charge in [0.15, 0.2) is 0 Å². The minimum atomic E-state index is -3.47. The standard InChI is InChI=1S/C13H20N2O3S/c1-3-18-9-10(2)15-19(16,17)12-4-5-13-11(8-12)6-7-14-13/h4-5,8,10,14-15H,3,6-7,9H2,1-2H3. The predicted molar refractivity (Wildman–Crippen MR) is 74.9 cm³/mol. The summed E-state index contributed by atoms with van der Waals surface area (Å²) in [4.78, 5) is 0.318. The minimum Gasteiger partial charge on any atom is -0.384 e. The molecule has 1 aromatic carbocycles. The van der Waals surface area contributed by atoms with Crippen LogP contribution < -0.4 is 10.0 Å². The average molecular weight is 284 g/mol. The molecule has 0 bridgehead atoms. The lowest BCUT2D eigenvalue weighted by atomic mass is 10.2. The molecule has 1 atom stereocenters. The highest BCUT2D eigenvalue weighted by Crippen LogP contribution is 2.25. The van der Waals surface area contributed by atoms with E-state index in [1.54, 1.807) is 19.1 Å². The van der Waals surface area contributed by atoms with Gasteiger partial charge in [0.25, 0.3) is 0 Å². The molecule has 106 valence electrons. The molecule has 6 heteroatoms. The van der Waals surface area contributed by atoms with Crippen LogP contribution in [0.4, 0.5) is 5.69 Å². The van der Waals surface area contributed by atoms with E-state index in [0.717, 1.165) is 24.2 Å². The normalized spacial score (nSPS) is 15.9. The first-order valence-electron chi connectivity index (χ1n) is 6.50. The Labute approximate surface area is 114 Å². The smallest absolute Gasteiger partial charge is 0.240 e. The van der Waals surface area contributed by atoms with Gasteiger partial charge in [0.1, 0.15) is 0 Å². The van der Waals surface area contributed by atoms with Gasteiger partial charge in [-0.25, -0.2) is 13.1 Å². The van der Waals surface area contributed by atoms with Crippen LogP contribution in [0.3, 0.4) is 0 Å². The Morgan fingerprint density at radius 1 is 1.47 bits per heavy atom. The summed E-state index contributed by atoms with van der Waals surface area (Å²) in [5, 5.41) is 3.21. The summed E-state index contributed by atoms with van der Waals surface area (Å²) in [6.07, 6.45) is 0.868. The molecule has 0 fully saturated rings. The van der Waals surface area contributed by atoms with Crippen LogP contribution in [0, 0.1) is 0 Å². The third-order valence-corrected chi connectivity index (χ3v) is 4.61. The predicted octanol–water partition coefficient (Wildman–Crippen LogP) is 1.36. The van der Waals surface area contributed by atoms with Crippen LogP contribution >= 0.6 is 0 Å². The summed E-state index contributed by atoms with van der Waals surface area (Å²) in [5.74, 6) is 0. The molecular formula is C13H20N2O3S. The summed E-state index contributed by atoms with van der Waals surface area (Å²) in [6, 6.07) is 4.96. The molecule has 0 saturated carbocycles. The lowest BCUT2D eigenvalue weighted by Gasteiger charge is -2.14. The van der Waals surface area contributed by atoms with E-state index in [1.165, 1.54) is 0 Å². The number of anilines is 1. The molecule has 0 aromatic heterocycles. The highest BCUT2D eigenvalue weighted by atomic mass is 32.2. The van der Waals surface area contributed by atoms with Crippen LogP contribution in [-0.4, -0.2) is 34.2 Å². The zero-order valence-corrected chi connectivity index (χ0v) is 12.1. The van der Waals surface area contributed by atoms with Gasteiger partial charge >= 0.3 is 0 Å². The van der Waals surface area contributed by atoms with Gasteiger partial charge in [0.05, 0.1) is 11.5 Å². The fourth-order valence-electron chi connectivity index (χ4n) is 2.11. The van der Waals surface area contributed by atoms with Gasteiger partial charge in [-0.15, -0.1) is 0 Å². The molecule has 2 rings (SSSR count). The highest BCUT2D eigenvalue weighted by molar-refractivity contribution is 7.89. The number of nitrogens with one attached hydrogen (secondary N) is 2. The van der Waals surface area contributed by atoms with E-state index in [0.29, 0.717) is 18.1 Å². The van der Waals surface area contributed by atoms with Crippen molar-refractivity contribution in [3.8, 4) is 0 Å². The third-order valence-electron chi connectivity index (χ3n) is 3.03. The molecular weight excluding hydrogens is 264 g/mol. The van der Waals surface area contributed by atoms with Gasteiger partial charge in [-0.05, 0) is 44.0 Å². The summed E-state index contributed by atoms with van der Waals surface area (Å²) < 4.78 is 32.3. The first-order valence-corrected chi connectivity index (χ1v) is 7.98. The van der Waals surface area contributed by atoms with Gasteiger partial charge in [-0.3, -0.25) is 0 Å². The SMILES string of the molecule is CCOCC(C)NS(=O)(=O)c1ccc2c(c1)CCN2.